The number of hydrogen-bond donors (Lipinski definition) is 2. The highest BCUT2D eigenvalue weighted by Crippen LogP contribution is 2.16. The van der Waals surface area contributed by atoms with E-state index in [2.05, 4.69) is 5.32 Å². The summed E-state index contributed by atoms with van der Waals surface area (Å²) < 4.78 is 0. The SMILES string of the molecule is N=CNC1CCCC1. The van der Waals surface area contributed by atoms with Crippen LogP contribution in [-0.4, -0.2) is 12.4 Å². The van der Waals surface area contributed by atoms with E-state index in [4.69, 9.17) is 5.41 Å². The van der Waals surface area contributed by atoms with Crippen molar-refractivity contribution in [2.45, 2.75) is 31.7 Å². The van der Waals surface area contributed by atoms with Crippen LogP contribution < -0.4 is 5.32 Å². The molecule has 0 bridgehead atoms. The Morgan fingerprint density at radius 2 is 2.00 bits per heavy atom. The van der Waals surface area contributed by atoms with Crippen molar-refractivity contribution in [3.63, 3.8) is 0 Å². The molecular formula is C6H12N2. The van der Waals surface area contributed by atoms with Gasteiger partial charge >= 0.3 is 0 Å². The Morgan fingerprint density at radius 3 is 2.50 bits per heavy atom. The molecule has 0 heterocycles. The van der Waals surface area contributed by atoms with E-state index < -0.39 is 0 Å². The second-order valence-electron chi connectivity index (χ2n) is 2.29. The summed E-state index contributed by atoms with van der Waals surface area (Å²) in [6.07, 6.45) is 6.50. The van der Waals surface area contributed by atoms with Gasteiger partial charge in [0, 0.05) is 6.04 Å². The number of hydrogen-bond acceptors (Lipinski definition) is 1. The van der Waals surface area contributed by atoms with Crippen LogP contribution >= 0.6 is 0 Å². The van der Waals surface area contributed by atoms with Gasteiger partial charge in [0.2, 0.25) is 0 Å². The smallest absolute Gasteiger partial charge is 0.0793 e. The van der Waals surface area contributed by atoms with Gasteiger partial charge in [-0.3, -0.25) is 5.41 Å². The zero-order valence-electron chi connectivity index (χ0n) is 4.98. The van der Waals surface area contributed by atoms with Crippen molar-refractivity contribution in [2.24, 2.45) is 0 Å². The Balaban J connectivity index is 2.14. The largest absolute Gasteiger partial charge is 0.374 e. The molecule has 0 aromatic rings. The molecule has 0 radical (unpaired) electrons. The molecule has 2 nitrogen and oxygen atoms in total. The summed E-state index contributed by atoms with van der Waals surface area (Å²) in [6, 6.07) is 0.618. The summed E-state index contributed by atoms with van der Waals surface area (Å²) >= 11 is 0. The van der Waals surface area contributed by atoms with Gasteiger partial charge in [0.15, 0.2) is 0 Å². The van der Waals surface area contributed by atoms with Crippen LogP contribution in [0.4, 0.5) is 0 Å². The maximum atomic E-state index is 6.73. The first kappa shape index (κ1) is 5.60. The molecule has 46 valence electrons. The maximum absolute atomic E-state index is 6.73. The first-order chi connectivity index (χ1) is 3.93. The predicted octanol–water partition coefficient (Wildman–Crippen LogP) is 1.13. The third-order valence-electron chi connectivity index (χ3n) is 1.67. The van der Waals surface area contributed by atoms with E-state index in [-0.39, 0.29) is 0 Å². The van der Waals surface area contributed by atoms with E-state index in [0.717, 1.165) is 0 Å². The third kappa shape index (κ3) is 1.22. The van der Waals surface area contributed by atoms with Gasteiger partial charge in [-0.15, -0.1) is 0 Å². The molecule has 1 aliphatic rings. The van der Waals surface area contributed by atoms with E-state index in [1.165, 1.54) is 32.0 Å². The summed E-state index contributed by atoms with van der Waals surface area (Å²) in [7, 11) is 0. The molecule has 1 saturated carbocycles. The molecule has 0 unspecified atom stereocenters. The van der Waals surface area contributed by atoms with Gasteiger partial charge in [-0.1, -0.05) is 12.8 Å². The molecule has 2 heteroatoms. The lowest BCUT2D eigenvalue weighted by Gasteiger charge is -2.05. The van der Waals surface area contributed by atoms with Crippen molar-refractivity contribution in [3.8, 4) is 0 Å². The van der Waals surface area contributed by atoms with Crippen LogP contribution in [0.2, 0.25) is 0 Å². The summed E-state index contributed by atoms with van der Waals surface area (Å²) in [5.41, 5.74) is 0. The van der Waals surface area contributed by atoms with Gasteiger partial charge in [0.05, 0.1) is 6.34 Å². The highest BCUT2D eigenvalue weighted by Gasteiger charge is 2.11. The Morgan fingerprint density at radius 1 is 1.38 bits per heavy atom. The van der Waals surface area contributed by atoms with Gasteiger partial charge in [-0.05, 0) is 12.8 Å². The summed E-state index contributed by atoms with van der Waals surface area (Å²) in [5, 5.41) is 9.72. The molecule has 0 spiro atoms. The Labute approximate surface area is 49.8 Å². The lowest BCUT2D eigenvalue weighted by atomic mass is 10.3. The molecule has 2 N–H and O–H groups in total. The molecule has 0 aliphatic heterocycles. The van der Waals surface area contributed by atoms with Gasteiger partial charge in [0.25, 0.3) is 0 Å². The standard InChI is InChI=1S/C6H12N2/c7-5-8-6-3-1-2-4-6/h5-6H,1-4H2,(H2,7,8). The van der Waals surface area contributed by atoms with E-state index in [1.807, 2.05) is 0 Å². The summed E-state index contributed by atoms with van der Waals surface area (Å²) in [4.78, 5) is 0. The highest BCUT2D eigenvalue weighted by atomic mass is 14.9. The van der Waals surface area contributed by atoms with Crippen LogP contribution in [0.3, 0.4) is 0 Å². The van der Waals surface area contributed by atoms with Crippen molar-refractivity contribution in [2.75, 3.05) is 0 Å². The van der Waals surface area contributed by atoms with E-state index in [9.17, 15) is 0 Å². The predicted molar refractivity (Wildman–Crippen MR) is 34.2 cm³/mol. The Bertz CT molecular complexity index is 74.6. The second kappa shape index (κ2) is 2.70. The quantitative estimate of drug-likeness (QED) is 0.407. The van der Waals surface area contributed by atoms with Crippen LogP contribution in [0, 0.1) is 5.41 Å². The number of nitrogens with one attached hydrogen (secondary N) is 2. The van der Waals surface area contributed by atoms with Crippen molar-refractivity contribution in [1.29, 1.82) is 5.41 Å². The minimum absolute atomic E-state index is 0.618. The molecule has 8 heavy (non-hydrogen) atoms. The molecule has 1 fully saturated rings. The minimum Gasteiger partial charge on any atom is -0.374 e. The Hall–Kier alpha value is -0.530. The van der Waals surface area contributed by atoms with Crippen LogP contribution in [0.25, 0.3) is 0 Å². The zero-order valence-corrected chi connectivity index (χ0v) is 4.98. The number of rotatable bonds is 2. The molecule has 0 atom stereocenters. The fraction of sp³-hybridized carbons (Fsp3) is 0.833. The third-order valence-corrected chi connectivity index (χ3v) is 1.67. The van der Waals surface area contributed by atoms with Gasteiger partial charge < -0.3 is 5.32 Å². The van der Waals surface area contributed by atoms with Crippen molar-refractivity contribution < 1.29 is 0 Å². The van der Waals surface area contributed by atoms with Crippen molar-refractivity contribution in [3.05, 3.63) is 0 Å². The molecular weight excluding hydrogens is 100 g/mol. The van der Waals surface area contributed by atoms with Crippen LogP contribution in [0.1, 0.15) is 25.7 Å². The maximum Gasteiger partial charge on any atom is 0.0793 e. The fourth-order valence-electron chi connectivity index (χ4n) is 1.21. The van der Waals surface area contributed by atoms with Gasteiger partial charge in [0.1, 0.15) is 0 Å². The molecule has 0 amide bonds. The van der Waals surface area contributed by atoms with E-state index in [1.54, 1.807) is 0 Å². The van der Waals surface area contributed by atoms with Crippen molar-refractivity contribution >= 4 is 6.34 Å². The average molecular weight is 112 g/mol. The summed E-state index contributed by atoms with van der Waals surface area (Å²) in [5.74, 6) is 0. The molecule has 0 aromatic heterocycles. The monoisotopic (exact) mass is 112 g/mol. The first-order valence-corrected chi connectivity index (χ1v) is 3.18. The van der Waals surface area contributed by atoms with Crippen LogP contribution in [0.15, 0.2) is 0 Å². The van der Waals surface area contributed by atoms with E-state index in [0.29, 0.717) is 6.04 Å². The minimum atomic E-state index is 0.618. The van der Waals surface area contributed by atoms with Crippen LogP contribution in [-0.2, 0) is 0 Å². The zero-order chi connectivity index (χ0) is 5.82. The average Bonchev–Trinajstić information content (AvgIpc) is 2.19. The molecule has 0 aromatic carbocycles. The van der Waals surface area contributed by atoms with Gasteiger partial charge in [-0.25, -0.2) is 0 Å². The lowest BCUT2D eigenvalue weighted by Crippen LogP contribution is -2.23. The molecule has 1 aliphatic carbocycles. The van der Waals surface area contributed by atoms with Gasteiger partial charge in [-0.2, -0.15) is 0 Å². The fourth-order valence-corrected chi connectivity index (χ4v) is 1.21. The van der Waals surface area contributed by atoms with E-state index >= 15 is 0 Å². The second-order valence-corrected chi connectivity index (χ2v) is 2.29. The van der Waals surface area contributed by atoms with Crippen LogP contribution in [0.5, 0.6) is 0 Å². The Kier molecular flexibility index (Phi) is 1.89. The highest BCUT2D eigenvalue weighted by molar-refractivity contribution is 5.50. The van der Waals surface area contributed by atoms with Crippen molar-refractivity contribution in [1.82, 2.24) is 5.32 Å². The normalized spacial score (nSPS) is 21.0. The first-order valence-electron chi connectivity index (χ1n) is 3.18. The topological polar surface area (TPSA) is 35.9 Å². The molecule has 1 rings (SSSR count). The lowest BCUT2D eigenvalue weighted by molar-refractivity contribution is 0.636. The summed E-state index contributed by atoms with van der Waals surface area (Å²) in [6.45, 7) is 0. The molecule has 0 saturated heterocycles.